The summed E-state index contributed by atoms with van der Waals surface area (Å²) in [6, 6.07) is 9.91. The molecule has 0 saturated heterocycles. The van der Waals surface area contributed by atoms with Gasteiger partial charge < -0.3 is 4.74 Å². The van der Waals surface area contributed by atoms with Gasteiger partial charge in [-0.3, -0.25) is 4.79 Å². The van der Waals surface area contributed by atoms with Crippen molar-refractivity contribution in [2.45, 2.75) is 39.0 Å². The summed E-state index contributed by atoms with van der Waals surface area (Å²) in [6.45, 7) is 4.30. The first kappa shape index (κ1) is 13.8. The number of benzene rings is 1. The fourth-order valence-electron chi connectivity index (χ4n) is 2.18. The van der Waals surface area contributed by atoms with Gasteiger partial charge in [-0.05, 0) is 17.9 Å². The monoisotopic (exact) mass is 234 g/mol. The minimum Gasteiger partial charge on any atom is -0.469 e. The minimum absolute atomic E-state index is 0.125. The van der Waals surface area contributed by atoms with Crippen LogP contribution >= 0.6 is 0 Å². The van der Waals surface area contributed by atoms with Gasteiger partial charge in [0, 0.05) is 0 Å². The van der Waals surface area contributed by atoms with Crippen molar-refractivity contribution in [1.29, 1.82) is 0 Å². The highest BCUT2D eigenvalue weighted by Crippen LogP contribution is 2.29. The molecule has 0 N–H and O–H groups in total. The fourth-order valence-corrected chi connectivity index (χ4v) is 2.18. The predicted molar refractivity (Wildman–Crippen MR) is 69.9 cm³/mol. The van der Waals surface area contributed by atoms with Gasteiger partial charge in [0.1, 0.15) is 0 Å². The second-order valence-electron chi connectivity index (χ2n) is 4.53. The first-order chi connectivity index (χ1) is 8.20. The lowest BCUT2D eigenvalue weighted by Crippen LogP contribution is -2.21. The van der Waals surface area contributed by atoms with Crippen LogP contribution in [0.15, 0.2) is 30.3 Å². The summed E-state index contributed by atoms with van der Waals surface area (Å²) in [5.41, 5.74) is 1.06. The molecule has 2 nitrogen and oxygen atoms in total. The Hall–Kier alpha value is -1.31. The second-order valence-corrected chi connectivity index (χ2v) is 4.53. The molecule has 0 aromatic heterocycles. The van der Waals surface area contributed by atoms with Gasteiger partial charge in [0.15, 0.2) is 0 Å². The summed E-state index contributed by atoms with van der Waals surface area (Å²) in [5.74, 6) is 0.0670. The number of rotatable bonds is 6. The maximum Gasteiger partial charge on any atom is 0.313 e. The zero-order chi connectivity index (χ0) is 12.7. The molecule has 0 amide bonds. The molecule has 1 aromatic carbocycles. The van der Waals surface area contributed by atoms with E-state index in [2.05, 4.69) is 13.8 Å². The Kier molecular flexibility index (Phi) is 5.75. The number of methoxy groups -OCH3 is 1. The van der Waals surface area contributed by atoms with Crippen LogP contribution in [-0.2, 0) is 9.53 Å². The maximum absolute atomic E-state index is 11.9. The maximum atomic E-state index is 11.9. The Morgan fingerprint density at radius 1 is 1.29 bits per heavy atom. The molecular formula is C15H22O2. The summed E-state index contributed by atoms with van der Waals surface area (Å²) >= 11 is 0. The molecule has 2 heteroatoms. The number of esters is 1. The van der Waals surface area contributed by atoms with Crippen molar-refractivity contribution in [3.05, 3.63) is 35.9 Å². The van der Waals surface area contributed by atoms with Crippen molar-refractivity contribution in [3.8, 4) is 0 Å². The summed E-state index contributed by atoms with van der Waals surface area (Å²) in [7, 11) is 1.46. The normalized spacial score (nSPS) is 14.1. The Morgan fingerprint density at radius 2 is 1.94 bits per heavy atom. The molecule has 0 heterocycles. The topological polar surface area (TPSA) is 26.3 Å². The fraction of sp³-hybridized carbons (Fsp3) is 0.533. The van der Waals surface area contributed by atoms with E-state index >= 15 is 0 Å². The van der Waals surface area contributed by atoms with E-state index in [0.29, 0.717) is 5.92 Å². The molecule has 0 saturated carbocycles. The molecule has 0 aliphatic heterocycles. The third-order valence-corrected chi connectivity index (χ3v) is 3.20. The zero-order valence-corrected chi connectivity index (χ0v) is 11.0. The number of hydrogen-bond donors (Lipinski definition) is 0. The predicted octanol–water partition coefficient (Wildman–Crippen LogP) is 3.77. The van der Waals surface area contributed by atoms with Gasteiger partial charge in [-0.2, -0.15) is 0 Å². The molecule has 0 fully saturated rings. The number of unbranched alkanes of at least 4 members (excludes halogenated alkanes) is 1. The van der Waals surface area contributed by atoms with Crippen LogP contribution in [0.1, 0.15) is 44.6 Å². The van der Waals surface area contributed by atoms with Gasteiger partial charge in [-0.15, -0.1) is 0 Å². The first-order valence-corrected chi connectivity index (χ1v) is 6.33. The van der Waals surface area contributed by atoms with Crippen LogP contribution in [0, 0.1) is 5.92 Å². The van der Waals surface area contributed by atoms with Crippen LogP contribution in [0.3, 0.4) is 0 Å². The Labute approximate surface area is 104 Å². The molecule has 0 aliphatic rings. The molecule has 2 atom stereocenters. The summed E-state index contributed by atoms with van der Waals surface area (Å²) < 4.78 is 4.93. The Morgan fingerprint density at radius 3 is 2.47 bits per heavy atom. The van der Waals surface area contributed by atoms with Crippen LogP contribution in [0.2, 0.25) is 0 Å². The number of carbonyl (C=O) groups excluding carboxylic acids is 1. The molecule has 0 radical (unpaired) electrons. The lowest BCUT2D eigenvalue weighted by atomic mass is 9.84. The summed E-state index contributed by atoms with van der Waals surface area (Å²) in [6.07, 6.45) is 3.37. The van der Waals surface area contributed by atoms with Crippen molar-refractivity contribution >= 4 is 5.97 Å². The van der Waals surface area contributed by atoms with Crippen LogP contribution in [0.25, 0.3) is 0 Å². The van der Waals surface area contributed by atoms with Gasteiger partial charge in [0.2, 0.25) is 0 Å². The number of hydrogen-bond acceptors (Lipinski definition) is 2. The lowest BCUT2D eigenvalue weighted by Gasteiger charge is -2.22. The van der Waals surface area contributed by atoms with Gasteiger partial charge in [-0.1, -0.05) is 57.0 Å². The average molecular weight is 234 g/mol. The largest absolute Gasteiger partial charge is 0.469 e. The molecule has 0 bridgehead atoms. The molecule has 94 valence electrons. The Bertz CT molecular complexity index is 332. The minimum atomic E-state index is -0.132. The van der Waals surface area contributed by atoms with Crippen molar-refractivity contribution in [2.24, 2.45) is 5.92 Å². The van der Waals surface area contributed by atoms with Gasteiger partial charge in [0.05, 0.1) is 13.0 Å². The third-order valence-electron chi connectivity index (χ3n) is 3.20. The lowest BCUT2D eigenvalue weighted by molar-refractivity contribution is -0.143. The van der Waals surface area contributed by atoms with E-state index in [-0.39, 0.29) is 11.9 Å². The van der Waals surface area contributed by atoms with Crippen LogP contribution in [-0.4, -0.2) is 13.1 Å². The molecular weight excluding hydrogens is 212 g/mol. The molecule has 0 aliphatic carbocycles. The molecule has 17 heavy (non-hydrogen) atoms. The quantitative estimate of drug-likeness (QED) is 0.700. The molecule has 1 rings (SSSR count). The molecule has 2 unspecified atom stereocenters. The smallest absolute Gasteiger partial charge is 0.313 e. The number of ether oxygens (including phenoxy) is 1. The second kappa shape index (κ2) is 7.10. The third kappa shape index (κ3) is 3.88. The van der Waals surface area contributed by atoms with E-state index < -0.39 is 0 Å². The van der Waals surface area contributed by atoms with E-state index in [4.69, 9.17) is 4.74 Å². The van der Waals surface area contributed by atoms with Crippen molar-refractivity contribution in [1.82, 2.24) is 0 Å². The molecule has 1 aromatic rings. The van der Waals surface area contributed by atoms with E-state index in [1.54, 1.807) is 0 Å². The summed E-state index contributed by atoms with van der Waals surface area (Å²) in [4.78, 5) is 11.9. The van der Waals surface area contributed by atoms with Crippen LogP contribution in [0.4, 0.5) is 0 Å². The SMILES string of the molecule is CCCCC(C)C(C(=O)OC)c1ccccc1. The van der Waals surface area contributed by atoms with E-state index in [1.165, 1.54) is 7.11 Å². The van der Waals surface area contributed by atoms with Gasteiger partial charge in [-0.25, -0.2) is 0 Å². The van der Waals surface area contributed by atoms with E-state index in [1.807, 2.05) is 30.3 Å². The average Bonchev–Trinajstić information content (AvgIpc) is 2.37. The zero-order valence-electron chi connectivity index (χ0n) is 11.0. The van der Waals surface area contributed by atoms with Gasteiger partial charge >= 0.3 is 5.97 Å². The molecule has 0 spiro atoms. The Balaban J connectivity index is 2.84. The number of carbonyl (C=O) groups is 1. The first-order valence-electron chi connectivity index (χ1n) is 6.33. The highest BCUT2D eigenvalue weighted by Gasteiger charge is 2.26. The van der Waals surface area contributed by atoms with Crippen molar-refractivity contribution < 1.29 is 9.53 Å². The summed E-state index contributed by atoms with van der Waals surface area (Å²) in [5, 5.41) is 0. The van der Waals surface area contributed by atoms with Crippen LogP contribution < -0.4 is 0 Å². The van der Waals surface area contributed by atoms with E-state index in [0.717, 1.165) is 24.8 Å². The highest BCUT2D eigenvalue weighted by atomic mass is 16.5. The van der Waals surface area contributed by atoms with Crippen LogP contribution in [0.5, 0.6) is 0 Å². The van der Waals surface area contributed by atoms with Crippen molar-refractivity contribution in [3.63, 3.8) is 0 Å². The van der Waals surface area contributed by atoms with Gasteiger partial charge in [0.25, 0.3) is 0 Å². The standard InChI is InChI=1S/C15H22O2/c1-4-5-9-12(2)14(15(16)17-3)13-10-7-6-8-11-13/h6-8,10-12,14H,4-5,9H2,1-3H3. The van der Waals surface area contributed by atoms with Crippen molar-refractivity contribution in [2.75, 3.05) is 7.11 Å². The van der Waals surface area contributed by atoms with E-state index in [9.17, 15) is 4.79 Å². The highest BCUT2D eigenvalue weighted by molar-refractivity contribution is 5.78.